The van der Waals surface area contributed by atoms with Crippen molar-refractivity contribution in [2.45, 2.75) is 4.30 Å². The van der Waals surface area contributed by atoms with Gasteiger partial charge in [-0.15, -0.1) is 0 Å². The second-order valence-electron chi connectivity index (χ2n) is 6.43. The Bertz CT molecular complexity index is 1010. The van der Waals surface area contributed by atoms with Crippen LogP contribution in [0.1, 0.15) is 16.7 Å². The summed E-state index contributed by atoms with van der Waals surface area (Å²) in [5.74, 6) is -0.647. The Morgan fingerprint density at radius 1 is 0.576 bits per heavy atom. The van der Waals surface area contributed by atoms with Crippen LogP contribution in [0.5, 0.6) is 0 Å². The molecular weight excluding hydrogens is 569 g/mol. The Morgan fingerprint density at radius 3 is 1.21 bits per heavy atom. The Hall–Kier alpha value is -2.25. The summed E-state index contributed by atoms with van der Waals surface area (Å²) in [4.78, 5) is 25.5. The van der Waals surface area contributed by atoms with Crippen LogP contribution in [-0.4, -0.2) is 15.9 Å². The number of hydrogen-bond acceptors (Lipinski definition) is 2. The van der Waals surface area contributed by atoms with Crippen LogP contribution in [0.25, 0.3) is 18.2 Å². The second-order valence-corrected chi connectivity index (χ2v) is 8.41. The monoisotopic (exact) mass is 588 g/mol. The van der Waals surface area contributed by atoms with Gasteiger partial charge in [0, 0.05) is 0 Å². The number of halogens is 3. The largest absolute Gasteiger partial charge is 2.00 e. The fourth-order valence-corrected chi connectivity index (χ4v) is 2.63. The topological polar surface area (TPSA) is 34.1 Å². The van der Waals surface area contributed by atoms with Crippen molar-refractivity contribution in [1.82, 2.24) is 0 Å². The molecule has 33 heavy (non-hydrogen) atoms. The van der Waals surface area contributed by atoms with Gasteiger partial charge in [0.15, 0.2) is 15.9 Å². The van der Waals surface area contributed by atoms with E-state index < -0.39 is 4.30 Å². The number of carbonyl (C=O) groups is 2. The number of allylic oxidation sites excluding steroid dienone is 3. The zero-order valence-corrected chi connectivity index (χ0v) is 21.2. The molecule has 0 spiro atoms. The van der Waals surface area contributed by atoms with Crippen LogP contribution in [0.4, 0.5) is 0 Å². The molecule has 0 amide bonds. The summed E-state index contributed by atoms with van der Waals surface area (Å²) in [5, 5.41) is 0. The van der Waals surface area contributed by atoms with Crippen molar-refractivity contribution in [3.8, 4) is 0 Å². The van der Waals surface area contributed by atoms with Gasteiger partial charge in [0.2, 0.25) is 0 Å². The van der Waals surface area contributed by atoms with Crippen molar-refractivity contribution in [2.75, 3.05) is 0 Å². The molecule has 3 aromatic carbocycles. The summed E-state index contributed by atoms with van der Waals surface area (Å²) < 4.78 is -0.750. The quantitative estimate of drug-likeness (QED) is 0.0934. The molecule has 0 heterocycles. The number of alkyl halides is 3. The summed E-state index contributed by atoms with van der Waals surface area (Å²) in [5.41, 5.74) is 2.75. The summed E-state index contributed by atoms with van der Waals surface area (Å²) in [7, 11) is 0. The minimum Gasteiger partial charge on any atom is -0.289 e. The maximum Gasteiger partial charge on any atom is 2.00 e. The average molecular weight is 590 g/mol. The van der Waals surface area contributed by atoms with E-state index in [0.717, 1.165) is 16.7 Å². The normalized spacial score (nSPS) is 10.3. The molecule has 0 aliphatic rings. The van der Waals surface area contributed by atoms with E-state index in [1.54, 1.807) is 18.2 Å². The molecule has 0 aromatic heterocycles. The third-order valence-corrected chi connectivity index (χ3v) is 4.09. The second kappa shape index (κ2) is 16.4. The summed E-state index contributed by atoms with van der Waals surface area (Å²) in [6.07, 6.45) is 7.96. The van der Waals surface area contributed by atoms with Gasteiger partial charge in [0.05, 0.1) is 5.57 Å². The zero-order valence-electron chi connectivity index (χ0n) is 17.4. The van der Waals surface area contributed by atoms with Crippen molar-refractivity contribution in [3.63, 3.8) is 0 Å². The van der Waals surface area contributed by atoms with Crippen molar-refractivity contribution >= 4 is 64.6 Å². The molecular formula is C27H21Cl3O2Pd+2. The van der Waals surface area contributed by atoms with Gasteiger partial charge < -0.3 is 0 Å². The van der Waals surface area contributed by atoms with Crippen LogP contribution in [0.15, 0.2) is 109 Å². The minimum atomic E-state index is -0.750. The first-order valence-electron chi connectivity index (χ1n) is 9.69. The van der Waals surface area contributed by atoms with Gasteiger partial charge in [-0.25, -0.2) is 0 Å². The molecule has 0 aliphatic carbocycles. The third-order valence-electron chi connectivity index (χ3n) is 4.09. The van der Waals surface area contributed by atoms with Crippen LogP contribution >= 0.6 is 34.8 Å². The van der Waals surface area contributed by atoms with E-state index in [0.29, 0.717) is 0 Å². The Morgan fingerprint density at radius 2 is 0.879 bits per heavy atom. The minimum absolute atomic E-state index is 0. The number of ketones is 2. The van der Waals surface area contributed by atoms with Crippen molar-refractivity contribution in [3.05, 3.63) is 125 Å². The van der Waals surface area contributed by atoms with E-state index >= 15 is 0 Å². The van der Waals surface area contributed by atoms with E-state index in [9.17, 15) is 9.59 Å². The van der Waals surface area contributed by atoms with E-state index in [2.05, 4.69) is 0 Å². The predicted molar refractivity (Wildman–Crippen MR) is 137 cm³/mol. The maximum absolute atomic E-state index is 12.8. The molecule has 3 aromatic rings. The molecule has 0 fully saturated rings. The first-order valence-corrected chi connectivity index (χ1v) is 11.0. The Labute approximate surface area is 223 Å². The molecule has 0 aliphatic heterocycles. The molecule has 3 rings (SSSR count). The molecule has 0 radical (unpaired) electrons. The molecule has 0 unspecified atom stereocenters. The first kappa shape index (κ1) is 28.8. The number of carbonyl (C=O) groups excluding carboxylic acids is 2. The number of rotatable bonds is 7. The number of hydrogen-bond donors (Lipinski definition) is 0. The summed E-state index contributed by atoms with van der Waals surface area (Å²) in [6, 6.07) is 28.4. The van der Waals surface area contributed by atoms with Gasteiger partial charge in [-0.05, 0) is 34.9 Å². The van der Waals surface area contributed by atoms with Crippen LogP contribution in [0.3, 0.4) is 0 Å². The van der Waals surface area contributed by atoms with Crippen LogP contribution < -0.4 is 0 Å². The van der Waals surface area contributed by atoms with E-state index in [1.807, 2.05) is 91.0 Å². The molecule has 0 saturated heterocycles. The van der Waals surface area contributed by atoms with Crippen LogP contribution in [0, 0.1) is 0 Å². The molecule has 2 nitrogen and oxygen atoms in total. The van der Waals surface area contributed by atoms with Gasteiger partial charge >= 0.3 is 20.4 Å². The maximum atomic E-state index is 12.8. The van der Waals surface area contributed by atoms with Gasteiger partial charge in [0.25, 0.3) is 0 Å². The molecule has 170 valence electrons. The van der Waals surface area contributed by atoms with Gasteiger partial charge in [-0.2, -0.15) is 0 Å². The molecule has 0 bridgehead atoms. The van der Waals surface area contributed by atoms with E-state index in [-0.39, 0.29) is 37.6 Å². The Balaban J connectivity index is 0.00000101. The molecule has 0 atom stereocenters. The molecule has 6 heteroatoms. The SMILES string of the molecule is ClC(Cl)Cl.O=C(/C=C/c1ccccc1)C(=Cc1ccccc1)C(=O)/C=C/c1ccccc1.[Pd+2]. The smallest absolute Gasteiger partial charge is 0.289 e. The van der Waals surface area contributed by atoms with Crippen molar-refractivity contribution in [2.24, 2.45) is 0 Å². The Kier molecular flexibility index (Phi) is 14.3. The van der Waals surface area contributed by atoms with Crippen LogP contribution in [0.2, 0.25) is 0 Å². The molecule has 0 saturated carbocycles. The number of benzene rings is 3. The van der Waals surface area contributed by atoms with Gasteiger partial charge in [-0.3, -0.25) is 9.59 Å². The van der Waals surface area contributed by atoms with E-state index in [4.69, 9.17) is 34.8 Å². The van der Waals surface area contributed by atoms with Crippen LogP contribution in [-0.2, 0) is 30.0 Å². The standard InChI is InChI=1S/C26H20O2.CHCl3.Pd/c27-25(18-16-21-10-4-1-5-11-21)24(20-23-14-8-3-9-15-23)26(28)19-17-22-12-6-2-7-13-22;2-1(3)4;/h1-20H;1H;/q;;+2/b18-16+,19-17+;;. The third kappa shape index (κ3) is 12.0. The molecule has 0 N–H and O–H groups in total. The predicted octanol–water partition coefficient (Wildman–Crippen LogP) is 7.62. The van der Waals surface area contributed by atoms with E-state index in [1.165, 1.54) is 12.2 Å². The van der Waals surface area contributed by atoms with Gasteiger partial charge in [0.1, 0.15) is 0 Å². The summed E-state index contributed by atoms with van der Waals surface area (Å²) in [6.45, 7) is 0. The fraction of sp³-hybridized carbons (Fsp3) is 0.0370. The zero-order chi connectivity index (χ0) is 23.2. The van der Waals surface area contributed by atoms with Crippen molar-refractivity contribution < 1.29 is 30.0 Å². The van der Waals surface area contributed by atoms with Crippen molar-refractivity contribution in [1.29, 1.82) is 0 Å². The average Bonchev–Trinajstić information content (AvgIpc) is 2.81. The fourth-order valence-electron chi connectivity index (χ4n) is 2.63. The first-order chi connectivity index (χ1) is 15.5. The summed E-state index contributed by atoms with van der Waals surface area (Å²) >= 11 is 14.4. The van der Waals surface area contributed by atoms with Gasteiger partial charge in [-0.1, -0.05) is 138 Å².